The third-order valence-electron chi connectivity index (χ3n) is 3.78. The van der Waals surface area contributed by atoms with E-state index in [0.29, 0.717) is 0 Å². The van der Waals surface area contributed by atoms with E-state index in [1.807, 2.05) is 0 Å². The van der Waals surface area contributed by atoms with Crippen molar-refractivity contribution < 1.29 is 4.79 Å². The molecule has 0 radical (unpaired) electrons. The Kier molecular flexibility index (Phi) is 4.44. The van der Waals surface area contributed by atoms with Gasteiger partial charge in [-0.25, -0.2) is 0 Å². The molecular weight excluding hydrogens is 212 g/mol. The van der Waals surface area contributed by atoms with E-state index < -0.39 is 0 Å². The molecule has 3 heteroatoms. The van der Waals surface area contributed by atoms with Crippen LogP contribution in [0.4, 0.5) is 0 Å². The van der Waals surface area contributed by atoms with Gasteiger partial charge in [0, 0.05) is 25.1 Å². The topological polar surface area (TPSA) is 23.6 Å². The Morgan fingerprint density at radius 2 is 1.71 bits per heavy atom. The molecule has 2 heterocycles. The summed E-state index contributed by atoms with van der Waals surface area (Å²) in [4.78, 5) is 16.3. The maximum atomic E-state index is 11.9. The van der Waals surface area contributed by atoms with E-state index in [-0.39, 0.29) is 11.7 Å². The van der Waals surface area contributed by atoms with Crippen LogP contribution in [-0.2, 0) is 4.79 Å². The minimum absolute atomic E-state index is 0.156. The highest BCUT2D eigenvalue weighted by Crippen LogP contribution is 2.16. The molecule has 2 fully saturated rings. The normalized spacial score (nSPS) is 23.0. The van der Waals surface area contributed by atoms with Gasteiger partial charge >= 0.3 is 0 Å². The molecule has 0 bridgehead atoms. The van der Waals surface area contributed by atoms with Crippen LogP contribution in [0.1, 0.15) is 32.1 Å². The number of nitrogens with zero attached hydrogens (tertiary/aromatic N) is 2. The summed E-state index contributed by atoms with van der Waals surface area (Å²) in [7, 11) is 2.11. The molecule has 2 aliphatic heterocycles. The Morgan fingerprint density at radius 3 is 2.35 bits per heavy atom. The standard InChI is InChI=1S/C14H22N2O/c1-15-10-5-13(6-11-15)14(17)7-12-16-8-3-2-4-9-16/h13H,2-6,8-11H2,1H3. The van der Waals surface area contributed by atoms with Gasteiger partial charge in [0.05, 0.1) is 0 Å². The Balaban J connectivity index is 1.81. The van der Waals surface area contributed by atoms with Crippen LogP contribution >= 0.6 is 0 Å². The molecule has 0 aliphatic carbocycles. The van der Waals surface area contributed by atoms with Crippen LogP contribution in [-0.4, -0.2) is 48.8 Å². The lowest BCUT2D eigenvalue weighted by Gasteiger charge is -2.26. The molecule has 0 saturated carbocycles. The number of rotatable bonds is 1. The SMILES string of the molecule is CN1CCC(C(=O)C#CN2CCCCC2)CC1. The zero-order chi connectivity index (χ0) is 12.1. The molecule has 2 saturated heterocycles. The van der Waals surface area contributed by atoms with Crippen LogP contribution in [0.2, 0.25) is 0 Å². The van der Waals surface area contributed by atoms with E-state index in [1.165, 1.54) is 19.3 Å². The zero-order valence-electron chi connectivity index (χ0n) is 10.7. The zero-order valence-corrected chi connectivity index (χ0v) is 10.7. The highest BCUT2D eigenvalue weighted by Gasteiger charge is 2.22. The van der Waals surface area contributed by atoms with Gasteiger partial charge in [-0.15, -0.1) is 0 Å². The van der Waals surface area contributed by atoms with Crippen LogP contribution in [0.25, 0.3) is 0 Å². The minimum Gasteiger partial charge on any atom is -0.332 e. The van der Waals surface area contributed by atoms with Crippen molar-refractivity contribution in [2.75, 3.05) is 33.2 Å². The fourth-order valence-corrected chi connectivity index (χ4v) is 2.51. The highest BCUT2D eigenvalue weighted by atomic mass is 16.1. The number of hydrogen-bond donors (Lipinski definition) is 0. The summed E-state index contributed by atoms with van der Waals surface area (Å²) >= 11 is 0. The van der Waals surface area contributed by atoms with Gasteiger partial charge in [0.15, 0.2) is 0 Å². The summed E-state index contributed by atoms with van der Waals surface area (Å²) in [5, 5.41) is 0. The predicted molar refractivity (Wildman–Crippen MR) is 68.4 cm³/mol. The molecule has 0 atom stereocenters. The first-order chi connectivity index (χ1) is 8.25. The van der Waals surface area contributed by atoms with Crippen molar-refractivity contribution in [3.05, 3.63) is 0 Å². The lowest BCUT2D eigenvalue weighted by Crippen LogP contribution is -2.33. The summed E-state index contributed by atoms with van der Waals surface area (Å²) < 4.78 is 0. The second kappa shape index (κ2) is 6.07. The molecule has 0 N–H and O–H groups in total. The molecule has 0 aromatic rings. The van der Waals surface area contributed by atoms with Crippen molar-refractivity contribution in [3.8, 4) is 12.0 Å². The Bertz CT molecular complexity index is 315. The summed E-state index contributed by atoms with van der Waals surface area (Å²) in [6.45, 7) is 4.13. The first-order valence-electron chi connectivity index (χ1n) is 6.75. The third kappa shape index (κ3) is 3.74. The van der Waals surface area contributed by atoms with Crippen LogP contribution in [0.5, 0.6) is 0 Å². The summed E-state index contributed by atoms with van der Waals surface area (Å²) in [6.07, 6.45) is 5.70. The van der Waals surface area contributed by atoms with Gasteiger partial charge in [-0.3, -0.25) is 4.79 Å². The van der Waals surface area contributed by atoms with Gasteiger partial charge in [0.25, 0.3) is 0 Å². The third-order valence-corrected chi connectivity index (χ3v) is 3.78. The van der Waals surface area contributed by atoms with Crippen molar-refractivity contribution in [2.45, 2.75) is 32.1 Å². The lowest BCUT2D eigenvalue weighted by molar-refractivity contribution is -0.118. The molecule has 0 amide bonds. The van der Waals surface area contributed by atoms with E-state index in [1.54, 1.807) is 0 Å². The average Bonchev–Trinajstić information content (AvgIpc) is 2.38. The molecule has 17 heavy (non-hydrogen) atoms. The second-order valence-electron chi connectivity index (χ2n) is 5.23. The van der Waals surface area contributed by atoms with Gasteiger partial charge in [-0.1, -0.05) is 0 Å². The van der Waals surface area contributed by atoms with Crippen LogP contribution < -0.4 is 0 Å². The van der Waals surface area contributed by atoms with Crippen molar-refractivity contribution in [1.82, 2.24) is 9.80 Å². The molecule has 2 aliphatic rings. The fraction of sp³-hybridized carbons (Fsp3) is 0.786. The number of piperidine rings is 2. The van der Waals surface area contributed by atoms with Gasteiger partial charge in [0.2, 0.25) is 5.78 Å². The van der Waals surface area contributed by atoms with Crippen LogP contribution in [0.15, 0.2) is 0 Å². The largest absolute Gasteiger partial charge is 0.332 e. The highest BCUT2D eigenvalue weighted by molar-refractivity contribution is 5.97. The summed E-state index contributed by atoms with van der Waals surface area (Å²) in [5.41, 5.74) is 0. The van der Waals surface area contributed by atoms with E-state index in [2.05, 4.69) is 28.8 Å². The maximum absolute atomic E-state index is 11.9. The maximum Gasteiger partial charge on any atom is 0.210 e. The predicted octanol–water partition coefficient (Wildman–Crippen LogP) is 1.34. The smallest absolute Gasteiger partial charge is 0.210 e. The van der Waals surface area contributed by atoms with Crippen molar-refractivity contribution in [3.63, 3.8) is 0 Å². The number of carbonyl (C=O) groups excluding carboxylic acids is 1. The first-order valence-corrected chi connectivity index (χ1v) is 6.75. The van der Waals surface area contributed by atoms with E-state index in [9.17, 15) is 4.79 Å². The van der Waals surface area contributed by atoms with Crippen molar-refractivity contribution in [1.29, 1.82) is 0 Å². The minimum atomic E-state index is 0.156. The number of hydrogen-bond acceptors (Lipinski definition) is 3. The number of Topliss-reactive ketones (excluding diaryl/α,β-unsaturated/α-hetero) is 1. The van der Waals surface area contributed by atoms with Crippen molar-refractivity contribution in [2.24, 2.45) is 5.92 Å². The Labute approximate surface area is 104 Å². The van der Waals surface area contributed by atoms with E-state index in [4.69, 9.17) is 0 Å². The Hall–Kier alpha value is -1.01. The molecule has 0 unspecified atom stereocenters. The van der Waals surface area contributed by atoms with Gasteiger partial charge < -0.3 is 9.80 Å². The number of carbonyl (C=O) groups is 1. The summed E-state index contributed by atoms with van der Waals surface area (Å²) in [5.74, 6) is 3.20. The molecule has 2 rings (SSSR count). The number of likely N-dealkylation sites (tertiary alicyclic amines) is 2. The first kappa shape index (κ1) is 12.4. The quantitative estimate of drug-likeness (QED) is 0.640. The molecule has 94 valence electrons. The van der Waals surface area contributed by atoms with E-state index >= 15 is 0 Å². The fourth-order valence-electron chi connectivity index (χ4n) is 2.51. The van der Waals surface area contributed by atoms with Gasteiger partial charge in [-0.05, 0) is 58.2 Å². The van der Waals surface area contributed by atoms with Crippen LogP contribution in [0.3, 0.4) is 0 Å². The molecular formula is C14H22N2O. The monoisotopic (exact) mass is 234 g/mol. The van der Waals surface area contributed by atoms with Gasteiger partial charge in [0.1, 0.15) is 0 Å². The molecule has 0 spiro atoms. The summed E-state index contributed by atoms with van der Waals surface area (Å²) in [6, 6.07) is 3.05. The molecule has 0 aromatic heterocycles. The second-order valence-corrected chi connectivity index (χ2v) is 5.23. The lowest BCUT2D eigenvalue weighted by atomic mass is 9.93. The molecule has 0 aromatic carbocycles. The number of ketones is 1. The van der Waals surface area contributed by atoms with Crippen molar-refractivity contribution >= 4 is 5.78 Å². The Morgan fingerprint density at radius 1 is 1.06 bits per heavy atom. The van der Waals surface area contributed by atoms with Crippen LogP contribution in [0, 0.1) is 17.9 Å². The van der Waals surface area contributed by atoms with E-state index in [0.717, 1.165) is 39.0 Å². The van der Waals surface area contributed by atoms with Gasteiger partial charge in [-0.2, -0.15) is 0 Å². The molecule has 3 nitrogen and oxygen atoms in total. The average molecular weight is 234 g/mol.